The first-order chi connectivity index (χ1) is 8.60. The van der Waals surface area contributed by atoms with Gasteiger partial charge in [-0.1, -0.05) is 0 Å². The number of piperazine rings is 1. The zero-order chi connectivity index (χ0) is 13.1. The number of nitrogens with two attached hydrogens (primary N) is 1. The Balaban J connectivity index is 2.07. The quantitative estimate of drug-likeness (QED) is 0.750. The van der Waals surface area contributed by atoms with Crippen LogP contribution in [0.25, 0.3) is 0 Å². The molecule has 1 aliphatic heterocycles. The molecule has 0 aromatic carbocycles. The van der Waals surface area contributed by atoms with Gasteiger partial charge in [0.1, 0.15) is 12.0 Å². The summed E-state index contributed by atoms with van der Waals surface area (Å²) in [4.78, 5) is 15.8. The molecule has 6 nitrogen and oxygen atoms in total. The van der Waals surface area contributed by atoms with E-state index in [0.29, 0.717) is 18.8 Å². The van der Waals surface area contributed by atoms with Crippen LogP contribution in [0.5, 0.6) is 5.75 Å². The second kappa shape index (κ2) is 5.51. The number of aromatic hydroxyl groups is 1. The Morgan fingerprint density at radius 2 is 2.33 bits per heavy atom. The average molecular weight is 253 g/mol. The van der Waals surface area contributed by atoms with Gasteiger partial charge in [-0.2, -0.15) is 0 Å². The molecule has 3 N–H and O–H groups in total. The minimum absolute atomic E-state index is 0.267. The van der Waals surface area contributed by atoms with Gasteiger partial charge >= 0.3 is 0 Å². The fourth-order valence-electron chi connectivity index (χ4n) is 2.21. The predicted molar refractivity (Wildman–Crippen MR) is 67.4 cm³/mol. The van der Waals surface area contributed by atoms with Gasteiger partial charge in [0.15, 0.2) is 5.75 Å². The van der Waals surface area contributed by atoms with Crippen LogP contribution in [0.15, 0.2) is 21.5 Å². The topological polar surface area (TPSA) is 82.9 Å². The number of rotatable bonds is 3. The summed E-state index contributed by atoms with van der Waals surface area (Å²) in [6.45, 7) is 3.90. The third-order valence-electron chi connectivity index (χ3n) is 3.31. The largest absolute Gasteiger partial charge is 0.502 e. The molecule has 0 amide bonds. The van der Waals surface area contributed by atoms with Crippen LogP contribution in [0.1, 0.15) is 5.76 Å². The molecule has 6 heteroatoms. The van der Waals surface area contributed by atoms with Gasteiger partial charge in [0.2, 0.25) is 5.43 Å². The van der Waals surface area contributed by atoms with Crippen molar-refractivity contribution in [3.63, 3.8) is 0 Å². The van der Waals surface area contributed by atoms with Crippen molar-refractivity contribution in [2.24, 2.45) is 5.73 Å². The van der Waals surface area contributed by atoms with E-state index in [1.54, 1.807) is 0 Å². The van der Waals surface area contributed by atoms with E-state index in [1.807, 2.05) is 0 Å². The highest BCUT2D eigenvalue weighted by atomic mass is 16.4. The molecular formula is C12H19N3O3. The van der Waals surface area contributed by atoms with Crippen LogP contribution in [0.4, 0.5) is 0 Å². The van der Waals surface area contributed by atoms with Crippen LogP contribution >= 0.6 is 0 Å². The van der Waals surface area contributed by atoms with E-state index < -0.39 is 5.43 Å². The molecule has 0 aliphatic carbocycles. The first-order valence-corrected chi connectivity index (χ1v) is 6.03. The molecule has 1 atom stereocenters. The average Bonchev–Trinajstić information content (AvgIpc) is 2.36. The summed E-state index contributed by atoms with van der Waals surface area (Å²) in [5.74, 6) is 0.202. The fraction of sp³-hybridized carbons (Fsp3) is 0.583. The highest BCUT2D eigenvalue weighted by molar-refractivity contribution is 5.15. The lowest BCUT2D eigenvalue weighted by Crippen LogP contribution is -2.54. The molecule has 1 fully saturated rings. The van der Waals surface area contributed by atoms with Gasteiger partial charge < -0.3 is 20.2 Å². The molecule has 0 spiro atoms. The van der Waals surface area contributed by atoms with E-state index >= 15 is 0 Å². The second-order valence-electron chi connectivity index (χ2n) is 4.72. The lowest BCUT2D eigenvalue weighted by Gasteiger charge is -2.39. The molecule has 1 aliphatic rings. The zero-order valence-electron chi connectivity index (χ0n) is 10.5. The van der Waals surface area contributed by atoms with Crippen molar-refractivity contribution in [1.82, 2.24) is 9.80 Å². The standard InChI is InChI=1S/C12H19N3O3/c1-14-2-3-15(9(5-13)6-14)7-10-4-11(16)12(17)8-18-10/h4,8-9,17H,2-3,5-7,13H2,1H3. The molecule has 18 heavy (non-hydrogen) atoms. The van der Waals surface area contributed by atoms with Gasteiger partial charge in [-0.3, -0.25) is 9.69 Å². The molecule has 1 aromatic heterocycles. The Morgan fingerprint density at radius 3 is 3.00 bits per heavy atom. The van der Waals surface area contributed by atoms with E-state index in [9.17, 15) is 4.79 Å². The van der Waals surface area contributed by atoms with Crippen LogP contribution in [0.2, 0.25) is 0 Å². The zero-order valence-corrected chi connectivity index (χ0v) is 10.5. The van der Waals surface area contributed by atoms with E-state index in [0.717, 1.165) is 25.9 Å². The van der Waals surface area contributed by atoms with Crippen molar-refractivity contribution < 1.29 is 9.52 Å². The molecular weight excluding hydrogens is 234 g/mol. The summed E-state index contributed by atoms with van der Waals surface area (Å²) in [5.41, 5.74) is 5.36. The summed E-state index contributed by atoms with van der Waals surface area (Å²) in [5, 5.41) is 9.14. The molecule has 1 aromatic rings. The van der Waals surface area contributed by atoms with Crippen molar-refractivity contribution >= 4 is 0 Å². The summed E-state index contributed by atoms with van der Waals surface area (Å²) in [6.07, 6.45) is 1.09. The van der Waals surface area contributed by atoms with Crippen molar-refractivity contribution in [2.75, 3.05) is 33.2 Å². The first kappa shape index (κ1) is 13.1. The monoisotopic (exact) mass is 253 g/mol. The lowest BCUT2D eigenvalue weighted by molar-refractivity contribution is 0.0813. The fourth-order valence-corrected chi connectivity index (χ4v) is 2.21. The van der Waals surface area contributed by atoms with E-state index in [2.05, 4.69) is 16.8 Å². The van der Waals surface area contributed by atoms with Gasteiger partial charge in [0.05, 0.1) is 6.54 Å². The van der Waals surface area contributed by atoms with Crippen molar-refractivity contribution in [3.8, 4) is 5.75 Å². The van der Waals surface area contributed by atoms with Gasteiger partial charge in [-0.15, -0.1) is 0 Å². The summed E-state index contributed by atoms with van der Waals surface area (Å²) < 4.78 is 5.22. The van der Waals surface area contributed by atoms with Crippen LogP contribution in [0.3, 0.4) is 0 Å². The summed E-state index contributed by atoms with van der Waals surface area (Å²) in [7, 11) is 2.07. The summed E-state index contributed by atoms with van der Waals surface area (Å²) in [6, 6.07) is 1.60. The van der Waals surface area contributed by atoms with Crippen LogP contribution < -0.4 is 11.2 Å². The SMILES string of the molecule is CN1CCN(Cc2cc(=O)c(O)co2)C(CN)C1. The third-order valence-corrected chi connectivity index (χ3v) is 3.31. The van der Waals surface area contributed by atoms with Crippen molar-refractivity contribution in [2.45, 2.75) is 12.6 Å². The molecule has 0 radical (unpaired) electrons. The number of hydrogen-bond donors (Lipinski definition) is 2. The normalized spacial score (nSPS) is 22.2. The minimum atomic E-state index is -0.408. The Bertz CT molecular complexity index is 460. The molecule has 1 unspecified atom stereocenters. The van der Waals surface area contributed by atoms with Gasteiger partial charge in [0.25, 0.3) is 0 Å². The van der Waals surface area contributed by atoms with E-state index in [-0.39, 0.29) is 11.8 Å². The van der Waals surface area contributed by atoms with Gasteiger partial charge in [-0.05, 0) is 7.05 Å². The Hall–Kier alpha value is -1.37. The number of hydrogen-bond acceptors (Lipinski definition) is 6. The second-order valence-corrected chi connectivity index (χ2v) is 4.72. The van der Waals surface area contributed by atoms with E-state index in [4.69, 9.17) is 15.3 Å². The van der Waals surface area contributed by atoms with Crippen LogP contribution in [-0.2, 0) is 6.54 Å². The third kappa shape index (κ3) is 2.90. The van der Waals surface area contributed by atoms with Crippen molar-refractivity contribution in [1.29, 1.82) is 0 Å². The Labute approximate surface area is 106 Å². The Morgan fingerprint density at radius 1 is 1.56 bits per heavy atom. The number of nitrogens with zero attached hydrogens (tertiary/aromatic N) is 2. The van der Waals surface area contributed by atoms with Gasteiger partial charge in [-0.25, -0.2) is 0 Å². The molecule has 2 rings (SSSR count). The predicted octanol–water partition coefficient (Wildman–Crippen LogP) is -0.580. The van der Waals surface area contributed by atoms with Crippen LogP contribution in [0, 0.1) is 0 Å². The molecule has 1 saturated heterocycles. The summed E-state index contributed by atoms with van der Waals surface area (Å²) >= 11 is 0. The van der Waals surface area contributed by atoms with Crippen molar-refractivity contribution in [3.05, 3.63) is 28.3 Å². The smallest absolute Gasteiger partial charge is 0.226 e. The maximum Gasteiger partial charge on any atom is 0.226 e. The van der Waals surface area contributed by atoms with Gasteiger partial charge in [0, 0.05) is 38.3 Å². The molecule has 2 heterocycles. The molecule has 0 bridgehead atoms. The maximum absolute atomic E-state index is 11.3. The maximum atomic E-state index is 11.3. The molecule has 0 saturated carbocycles. The highest BCUT2D eigenvalue weighted by Gasteiger charge is 2.24. The van der Waals surface area contributed by atoms with Crippen LogP contribution in [-0.4, -0.2) is 54.2 Å². The first-order valence-electron chi connectivity index (χ1n) is 6.03. The lowest BCUT2D eigenvalue weighted by atomic mass is 10.1. The van der Waals surface area contributed by atoms with E-state index in [1.165, 1.54) is 6.07 Å². The molecule has 100 valence electrons. The minimum Gasteiger partial charge on any atom is -0.502 e. The Kier molecular flexibility index (Phi) is 4.00. The highest BCUT2D eigenvalue weighted by Crippen LogP contribution is 2.13. The number of likely N-dealkylation sites (N-methyl/N-ethyl adjacent to an activating group) is 1.